The van der Waals surface area contributed by atoms with Gasteiger partial charge >= 0.3 is 0 Å². The molecule has 0 saturated carbocycles. The molecule has 2 nitrogen and oxygen atoms in total. The van der Waals surface area contributed by atoms with E-state index in [4.69, 9.17) is 0 Å². The molecule has 2 heterocycles. The largest absolute Gasteiger partial charge is 0.339 e. The molecule has 0 spiro atoms. The van der Waals surface area contributed by atoms with Crippen molar-refractivity contribution in [1.29, 1.82) is 0 Å². The minimum absolute atomic E-state index is 0.906. The summed E-state index contributed by atoms with van der Waals surface area (Å²) in [5.74, 6) is 0. The van der Waals surface area contributed by atoms with Crippen LogP contribution >= 0.6 is 0 Å². The van der Waals surface area contributed by atoms with Crippen molar-refractivity contribution < 1.29 is 0 Å². The molecule has 0 aliphatic rings. The van der Waals surface area contributed by atoms with Gasteiger partial charge in [0.05, 0.1) is 6.20 Å². The van der Waals surface area contributed by atoms with E-state index in [1.54, 1.807) is 0 Å². The number of pyridine rings is 1. The van der Waals surface area contributed by atoms with E-state index >= 15 is 0 Å². The van der Waals surface area contributed by atoms with Gasteiger partial charge in [0, 0.05) is 16.3 Å². The first-order valence-corrected chi connectivity index (χ1v) is 4.19. The first-order valence-electron chi connectivity index (χ1n) is 4.19. The molecular formula is C11H7N2. The first-order chi connectivity index (χ1) is 6.45. The number of hydrogen-bond donors (Lipinski definition) is 1. The third-order valence-electron chi connectivity index (χ3n) is 2.23. The van der Waals surface area contributed by atoms with Crippen molar-refractivity contribution in [2.75, 3.05) is 0 Å². The van der Waals surface area contributed by atoms with Gasteiger partial charge in [-0.3, -0.25) is 0 Å². The van der Waals surface area contributed by atoms with Crippen molar-refractivity contribution in [3.63, 3.8) is 0 Å². The Balaban J connectivity index is 2.64. The van der Waals surface area contributed by atoms with Crippen LogP contribution in [-0.2, 0) is 0 Å². The Labute approximate surface area is 75.2 Å². The van der Waals surface area contributed by atoms with E-state index in [0.29, 0.717) is 0 Å². The van der Waals surface area contributed by atoms with Crippen LogP contribution < -0.4 is 0 Å². The predicted octanol–water partition coefficient (Wildman–Crippen LogP) is 2.52. The Kier molecular flexibility index (Phi) is 1.19. The molecular weight excluding hydrogens is 160 g/mol. The van der Waals surface area contributed by atoms with Gasteiger partial charge in [0.15, 0.2) is 0 Å². The van der Waals surface area contributed by atoms with Gasteiger partial charge in [-0.2, -0.15) is 0 Å². The Hall–Kier alpha value is -1.83. The second-order valence-electron chi connectivity index (χ2n) is 3.01. The summed E-state index contributed by atoms with van der Waals surface area (Å²) >= 11 is 0. The molecule has 0 amide bonds. The van der Waals surface area contributed by atoms with Crippen molar-refractivity contribution in [2.45, 2.75) is 0 Å². The summed E-state index contributed by atoms with van der Waals surface area (Å²) in [5.41, 5.74) is 2.04. The molecule has 2 aromatic heterocycles. The van der Waals surface area contributed by atoms with Crippen LogP contribution in [0.25, 0.3) is 21.9 Å². The molecule has 0 aliphatic carbocycles. The van der Waals surface area contributed by atoms with Crippen LogP contribution in [0.2, 0.25) is 0 Å². The molecule has 0 fully saturated rings. The summed E-state index contributed by atoms with van der Waals surface area (Å²) in [6.07, 6.45) is 2.82. The molecule has 2 heteroatoms. The second kappa shape index (κ2) is 2.33. The highest BCUT2D eigenvalue weighted by Crippen LogP contribution is 2.22. The summed E-state index contributed by atoms with van der Waals surface area (Å²) in [4.78, 5) is 7.37. The van der Waals surface area contributed by atoms with Crippen molar-refractivity contribution >= 4 is 21.9 Å². The lowest BCUT2D eigenvalue weighted by Gasteiger charge is -1.86. The highest BCUT2D eigenvalue weighted by Gasteiger charge is 2.01. The van der Waals surface area contributed by atoms with Gasteiger partial charge in [-0.25, -0.2) is 4.98 Å². The lowest BCUT2D eigenvalue weighted by molar-refractivity contribution is 1.33. The van der Waals surface area contributed by atoms with E-state index in [1.165, 1.54) is 5.39 Å². The monoisotopic (exact) mass is 167 g/mol. The van der Waals surface area contributed by atoms with E-state index in [9.17, 15) is 0 Å². The lowest BCUT2D eigenvalue weighted by Crippen LogP contribution is -1.71. The van der Waals surface area contributed by atoms with Crippen molar-refractivity contribution in [3.8, 4) is 0 Å². The first kappa shape index (κ1) is 6.66. The number of nitrogens with one attached hydrogen (secondary N) is 1. The SMILES string of the molecule is [c]1ccc2c(n1)[nH]c1ccccc12. The van der Waals surface area contributed by atoms with Crippen LogP contribution in [0.4, 0.5) is 0 Å². The van der Waals surface area contributed by atoms with Crippen molar-refractivity contribution in [3.05, 3.63) is 42.6 Å². The van der Waals surface area contributed by atoms with E-state index < -0.39 is 0 Å². The average molecular weight is 167 g/mol. The van der Waals surface area contributed by atoms with Crippen molar-refractivity contribution in [1.82, 2.24) is 9.97 Å². The summed E-state index contributed by atoms with van der Waals surface area (Å²) in [6, 6.07) is 12.1. The van der Waals surface area contributed by atoms with Crippen LogP contribution in [-0.4, -0.2) is 9.97 Å². The third kappa shape index (κ3) is 0.855. The Morgan fingerprint density at radius 2 is 2.00 bits per heavy atom. The van der Waals surface area contributed by atoms with E-state index in [1.807, 2.05) is 24.3 Å². The molecule has 1 aromatic carbocycles. The molecule has 0 unspecified atom stereocenters. The quantitative estimate of drug-likeness (QED) is 0.547. The maximum Gasteiger partial charge on any atom is 0.139 e. The van der Waals surface area contributed by atoms with Gasteiger partial charge in [-0.05, 0) is 18.2 Å². The fraction of sp³-hybridized carbons (Fsp3) is 0. The number of fused-ring (bicyclic) bond motifs is 3. The topological polar surface area (TPSA) is 28.7 Å². The molecule has 3 aromatic rings. The second-order valence-corrected chi connectivity index (χ2v) is 3.01. The maximum absolute atomic E-state index is 4.14. The smallest absolute Gasteiger partial charge is 0.139 e. The zero-order chi connectivity index (χ0) is 8.67. The number of hydrogen-bond acceptors (Lipinski definition) is 1. The lowest BCUT2D eigenvalue weighted by atomic mass is 10.2. The fourth-order valence-electron chi connectivity index (χ4n) is 1.63. The number of rotatable bonds is 0. The third-order valence-corrected chi connectivity index (χ3v) is 2.23. The molecule has 0 atom stereocenters. The summed E-state index contributed by atoms with van der Waals surface area (Å²) in [6.45, 7) is 0. The van der Waals surface area contributed by atoms with E-state index in [-0.39, 0.29) is 0 Å². The van der Waals surface area contributed by atoms with Gasteiger partial charge in [0.25, 0.3) is 0 Å². The van der Waals surface area contributed by atoms with Crippen molar-refractivity contribution in [2.24, 2.45) is 0 Å². The van der Waals surface area contributed by atoms with Crippen LogP contribution in [0.5, 0.6) is 0 Å². The normalized spacial score (nSPS) is 11.1. The number of H-pyrrole nitrogens is 1. The average Bonchev–Trinajstić information content (AvgIpc) is 2.56. The Morgan fingerprint density at radius 1 is 1.08 bits per heavy atom. The highest BCUT2D eigenvalue weighted by atomic mass is 14.8. The zero-order valence-corrected chi connectivity index (χ0v) is 6.91. The number of benzene rings is 1. The minimum atomic E-state index is 0.906. The number of nitrogens with zero attached hydrogens (tertiary/aromatic N) is 1. The maximum atomic E-state index is 4.14. The fourth-order valence-corrected chi connectivity index (χ4v) is 1.63. The van der Waals surface area contributed by atoms with Gasteiger partial charge < -0.3 is 4.98 Å². The molecule has 1 radical (unpaired) electrons. The van der Waals surface area contributed by atoms with Crippen LogP contribution in [0.3, 0.4) is 0 Å². The summed E-state index contributed by atoms with van der Waals surface area (Å²) in [7, 11) is 0. The number of para-hydroxylation sites is 1. The Bertz CT molecular complexity index is 516. The summed E-state index contributed by atoms with van der Waals surface area (Å²) in [5, 5.41) is 2.38. The molecule has 0 bridgehead atoms. The minimum Gasteiger partial charge on any atom is -0.339 e. The molecule has 61 valence electrons. The predicted molar refractivity (Wildman–Crippen MR) is 52.4 cm³/mol. The number of aromatic nitrogens is 2. The zero-order valence-electron chi connectivity index (χ0n) is 6.91. The Morgan fingerprint density at radius 3 is 3.00 bits per heavy atom. The van der Waals surface area contributed by atoms with Gasteiger partial charge in [0.1, 0.15) is 5.65 Å². The van der Waals surface area contributed by atoms with Gasteiger partial charge in [-0.15, -0.1) is 0 Å². The van der Waals surface area contributed by atoms with Gasteiger partial charge in [-0.1, -0.05) is 18.2 Å². The van der Waals surface area contributed by atoms with Crippen LogP contribution in [0.15, 0.2) is 36.4 Å². The van der Waals surface area contributed by atoms with Crippen LogP contribution in [0.1, 0.15) is 0 Å². The standard InChI is InChI=1S/C11H7N2/c1-2-6-10-8(4-1)9-5-3-7-12-11(9)13-10/h1-6H,(H,12,13). The molecule has 0 aliphatic heterocycles. The highest BCUT2D eigenvalue weighted by molar-refractivity contribution is 6.05. The summed E-state index contributed by atoms with van der Waals surface area (Å²) < 4.78 is 0. The van der Waals surface area contributed by atoms with Crippen LogP contribution in [0, 0.1) is 6.20 Å². The molecule has 3 rings (SSSR count). The van der Waals surface area contributed by atoms with E-state index in [2.05, 4.69) is 28.3 Å². The van der Waals surface area contributed by atoms with Gasteiger partial charge in [0.2, 0.25) is 0 Å². The molecule has 1 N–H and O–H groups in total. The number of aromatic amines is 1. The van der Waals surface area contributed by atoms with E-state index in [0.717, 1.165) is 16.6 Å². The molecule has 0 saturated heterocycles. The molecule has 13 heavy (non-hydrogen) atoms.